The molecule has 0 spiro atoms. The number of carbonyl (C=O) groups excluding carboxylic acids is 2. The van der Waals surface area contributed by atoms with Crippen molar-refractivity contribution in [2.75, 3.05) is 0 Å². The molecule has 0 aromatic heterocycles. The van der Waals surface area contributed by atoms with Gasteiger partial charge in [0.2, 0.25) is 0 Å². The van der Waals surface area contributed by atoms with E-state index in [1.54, 1.807) is 6.08 Å². The number of Topliss-reactive ketones (excluding diaryl/α,β-unsaturated/α-hetero) is 1. The Morgan fingerprint density at radius 2 is 1.80 bits per heavy atom. The molecule has 108 valence electrons. The molecule has 3 aliphatic rings. The summed E-state index contributed by atoms with van der Waals surface area (Å²) in [7, 11) is 0. The van der Waals surface area contributed by atoms with Crippen LogP contribution in [0.4, 0.5) is 0 Å². The number of ketones is 2. The van der Waals surface area contributed by atoms with Crippen molar-refractivity contribution >= 4 is 11.6 Å². The van der Waals surface area contributed by atoms with Crippen molar-refractivity contribution in [1.29, 1.82) is 0 Å². The van der Waals surface area contributed by atoms with Gasteiger partial charge in [0.15, 0.2) is 5.78 Å². The average Bonchev–Trinajstić information content (AvgIpc) is 2.37. The van der Waals surface area contributed by atoms with Crippen molar-refractivity contribution in [2.45, 2.75) is 53.4 Å². The molecule has 0 amide bonds. The van der Waals surface area contributed by atoms with Gasteiger partial charge >= 0.3 is 0 Å². The molecule has 0 aromatic rings. The lowest BCUT2D eigenvalue weighted by Crippen LogP contribution is -2.53. The highest BCUT2D eigenvalue weighted by atomic mass is 16.1. The van der Waals surface area contributed by atoms with E-state index in [9.17, 15) is 9.59 Å². The maximum atomic E-state index is 12.3. The van der Waals surface area contributed by atoms with Crippen LogP contribution in [0.1, 0.15) is 53.4 Å². The maximum Gasteiger partial charge on any atom is 0.178 e. The van der Waals surface area contributed by atoms with E-state index < -0.39 is 0 Å². The third kappa shape index (κ3) is 1.63. The van der Waals surface area contributed by atoms with Gasteiger partial charge in [-0.05, 0) is 42.7 Å². The first kappa shape index (κ1) is 13.8. The molecule has 2 fully saturated rings. The third-order valence-corrected chi connectivity index (χ3v) is 6.32. The van der Waals surface area contributed by atoms with E-state index in [1.165, 1.54) is 5.57 Å². The van der Waals surface area contributed by atoms with Gasteiger partial charge in [0, 0.05) is 17.3 Å². The standard InChI is InChI=1S/C18H24O2/c1-16(2)13-6-9-17(3)8-5-12(19)11-14(17)18(13,4)10-7-15(16)20/h5,8,11,13H,6-7,9-10H2,1-4H3/t13-,17+,18-/m0/s1. The van der Waals surface area contributed by atoms with Crippen LogP contribution in [-0.2, 0) is 9.59 Å². The molecule has 2 saturated carbocycles. The average molecular weight is 272 g/mol. The number of allylic oxidation sites excluding steroid dienone is 4. The van der Waals surface area contributed by atoms with E-state index >= 15 is 0 Å². The predicted molar refractivity (Wildman–Crippen MR) is 79.2 cm³/mol. The Kier molecular flexibility index (Phi) is 2.71. The highest BCUT2D eigenvalue weighted by Gasteiger charge is 2.57. The van der Waals surface area contributed by atoms with E-state index in [4.69, 9.17) is 0 Å². The van der Waals surface area contributed by atoms with Crippen molar-refractivity contribution in [1.82, 2.24) is 0 Å². The van der Waals surface area contributed by atoms with Gasteiger partial charge in [-0.2, -0.15) is 0 Å². The Hall–Kier alpha value is -1.18. The van der Waals surface area contributed by atoms with Crippen molar-refractivity contribution < 1.29 is 9.59 Å². The molecule has 0 saturated heterocycles. The van der Waals surface area contributed by atoms with Crippen LogP contribution < -0.4 is 0 Å². The van der Waals surface area contributed by atoms with E-state index in [0.717, 1.165) is 19.3 Å². The van der Waals surface area contributed by atoms with Gasteiger partial charge < -0.3 is 0 Å². The van der Waals surface area contributed by atoms with E-state index in [0.29, 0.717) is 18.1 Å². The molecule has 3 atom stereocenters. The molecular weight excluding hydrogens is 248 g/mol. The van der Waals surface area contributed by atoms with Crippen LogP contribution in [0.2, 0.25) is 0 Å². The van der Waals surface area contributed by atoms with Crippen LogP contribution >= 0.6 is 0 Å². The molecule has 0 unspecified atom stereocenters. The molecule has 3 rings (SSSR count). The summed E-state index contributed by atoms with van der Waals surface area (Å²) in [5.41, 5.74) is 1.01. The second kappa shape index (κ2) is 3.93. The number of rotatable bonds is 0. The summed E-state index contributed by atoms with van der Waals surface area (Å²) in [5.74, 6) is 0.853. The molecule has 2 nitrogen and oxygen atoms in total. The molecular formula is C18H24O2. The Morgan fingerprint density at radius 1 is 1.10 bits per heavy atom. The molecule has 0 radical (unpaired) electrons. The van der Waals surface area contributed by atoms with Gasteiger partial charge in [0.05, 0.1) is 0 Å². The first-order valence-electron chi connectivity index (χ1n) is 7.69. The van der Waals surface area contributed by atoms with Crippen molar-refractivity contribution in [3.05, 3.63) is 23.8 Å². The SMILES string of the molecule is CC1(C)C(=O)CC[C@]2(C)C3=CC(=O)C=C[C@]3(C)CC[C@@H]12. The van der Waals surface area contributed by atoms with E-state index in [1.807, 2.05) is 6.08 Å². The van der Waals surface area contributed by atoms with Crippen LogP contribution in [-0.4, -0.2) is 11.6 Å². The minimum absolute atomic E-state index is 0.00910. The maximum absolute atomic E-state index is 12.3. The van der Waals surface area contributed by atoms with E-state index in [2.05, 4.69) is 33.8 Å². The highest BCUT2D eigenvalue weighted by molar-refractivity contribution is 6.01. The quantitative estimate of drug-likeness (QED) is 0.671. The zero-order chi connectivity index (χ0) is 14.8. The zero-order valence-electron chi connectivity index (χ0n) is 13.0. The normalized spacial score (nSPS) is 42.8. The molecule has 20 heavy (non-hydrogen) atoms. The zero-order valence-corrected chi connectivity index (χ0v) is 13.0. The summed E-state index contributed by atoms with van der Waals surface area (Å²) in [5, 5.41) is 0. The first-order chi connectivity index (χ1) is 9.20. The summed E-state index contributed by atoms with van der Waals surface area (Å²) >= 11 is 0. The van der Waals surface area contributed by atoms with Gasteiger partial charge in [-0.3, -0.25) is 9.59 Å². The number of carbonyl (C=O) groups is 2. The topological polar surface area (TPSA) is 34.1 Å². The predicted octanol–water partition coefficient (Wildman–Crippen LogP) is 3.86. The number of hydrogen-bond donors (Lipinski definition) is 0. The first-order valence-corrected chi connectivity index (χ1v) is 7.69. The van der Waals surface area contributed by atoms with Gasteiger partial charge in [-0.1, -0.05) is 39.3 Å². The Bertz CT molecular complexity index is 552. The summed E-state index contributed by atoms with van der Waals surface area (Å²) in [6, 6.07) is 0. The fourth-order valence-corrected chi connectivity index (χ4v) is 5.05. The smallest absolute Gasteiger partial charge is 0.178 e. The highest BCUT2D eigenvalue weighted by Crippen LogP contribution is 2.63. The lowest BCUT2D eigenvalue weighted by Gasteiger charge is -2.58. The Labute approximate surface area is 121 Å². The van der Waals surface area contributed by atoms with Crippen LogP contribution in [0.25, 0.3) is 0 Å². The second-order valence-corrected chi connectivity index (χ2v) is 7.86. The molecule has 0 bridgehead atoms. The third-order valence-electron chi connectivity index (χ3n) is 6.32. The largest absolute Gasteiger partial charge is 0.299 e. The molecule has 2 heteroatoms. The number of hydrogen-bond acceptors (Lipinski definition) is 2. The van der Waals surface area contributed by atoms with Gasteiger partial charge in [-0.25, -0.2) is 0 Å². The summed E-state index contributed by atoms with van der Waals surface area (Å²) in [6.45, 7) is 8.72. The minimum Gasteiger partial charge on any atom is -0.299 e. The van der Waals surface area contributed by atoms with Gasteiger partial charge in [0.25, 0.3) is 0 Å². The minimum atomic E-state index is -0.265. The van der Waals surface area contributed by atoms with Crippen LogP contribution in [0.5, 0.6) is 0 Å². The molecule has 0 aliphatic heterocycles. The van der Waals surface area contributed by atoms with Crippen LogP contribution in [0, 0.1) is 22.2 Å². The summed E-state index contributed by atoms with van der Waals surface area (Å²) < 4.78 is 0. The fourth-order valence-electron chi connectivity index (χ4n) is 5.05. The lowest BCUT2D eigenvalue weighted by molar-refractivity contribution is -0.140. The van der Waals surface area contributed by atoms with Crippen LogP contribution in [0.15, 0.2) is 23.8 Å². The monoisotopic (exact) mass is 272 g/mol. The number of fused-ring (bicyclic) bond motifs is 3. The molecule has 0 heterocycles. The second-order valence-electron chi connectivity index (χ2n) is 7.86. The van der Waals surface area contributed by atoms with Crippen molar-refractivity contribution in [3.8, 4) is 0 Å². The van der Waals surface area contributed by atoms with Crippen LogP contribution in [0.3, 0.4) is 0 Å². The molecule has 0 N–H and O–H groups in total. The van der Waals surface area contributed by atoms with Gasteiger partial charge in [0.1, 0.15) is 5.78 Å². The summed E-state index contributed by atoms with van der Waals surface area (Å²) in [6.07, 6.45) is 9.31. The fraction of sp³-hybridized carbons (Fsp3) is 0.667. The Balaban J connectivity index is 2.12. The van der Waals surface area contributed by atoms with Crippen molar-refractivity contribution in [3.63, 3.8) is 0 Å². The van der Waals surface area contributed by atoms with E-state index in [-0.39, 0.29) is 22.0 Å². The summed E-state index contributed by atoms with van der Waals surface area (Å²) in [4.78, 5) is 24.2. The molecule has 3 aliphatic carbocycles. The van der Waals surface area contributed by atoms with Gasteiger partial charge in [-0.15, -0.1) is 0 Å². The molecule has 0 aromatic carbocycles. The Morgan fingerprint density at radius 3 is 2.50 bits per heavy atom. The lowest BCUT2D eigenvalue weighted by atomic mass is 9.45. The van der Waals surface area contributed by atoms with Crippen molar-refractivity contribution in [2.24, 2.45) is 22.2 Å².